The van der Waals surface area contributed by atoms with Crippen molar-refractivity contribution in [1.82, 2.24) is 14.0 Å². The van der Waals surface area contributed by atoms with Crippen molar-refractivity contribution in [3.8, 4) is 6.07 Å². The van der Waals surface area contributed by atoms with E-state index in [1.165, 1.54) is 0 Å². The zero-order valence-corrected chi connectivity index (χ0v) is 14.5. The number of morpholine rings is 1. The van der Waals surface area contributed by atoms with Gasteiger partial charge in [0, 0.05) is 26.2 Å². The maximum atomic E-state index is 9.49. The number of nitrogens with zero attached hydrogens (tertiary/aromatic N) is 5. The Balaban J connectivity index is 2.07. The molecule has 0 aromatic carbocycles. The Morgan fingerprint density at radius 3 is 2.39 bits per heavy atom. The van der Waals surface area contributed by atoms with Gasteiger partial charge in [0.15, 0.2) is 10.3 Å². The fourth-order valence-electron chi connectivity index (χ4n) is 3.47. The lowest BCUT2D eigenvalue weighted by molar-refractivity contribution is -0.0645. The molecule has 0 amide bonds. The molecule has 7 nitrogen and oxygen atoms in total. The second kappa shape index (κ2) is 6.07. The first-order valence-electron chi connectivity index (χ1n) is 7.73. The highest BCUT2D eigenvalue weighted by Crippen LogP contribution is 2.27. The monoisotopic (exact) mass is 334 g/mol. The van der Waals surface area contributed by atoms with E-state index in [9.17, 15) is 5.26 Å². The number of nitriles is 1. The molecule has 0 aliphatic carbocycles. The second-order valence-corrected chi connectivity index (χ2v) is 6.73. The van der Waals surface area contributed by atoms with Crippen LogP contribution in [0.1, 0.15) is 18.4 Å². The smallest absolute Gasteiger partial charge is 0.182 e. The molecule has 2 saturated heterocycles. The molecule has 8 heteroatoms. The summed E-state index contributed by atoms with van der Waals surface area (Å²) in [4.78, 5) is 7.25. The Kier molecular flexibility index (Phi) is 4.27. The first kappa shape index (κ1) is 16.2. The van der Waals surface area contributed by atoms with E-state index in [2.05, 4.69) is 18.0 Å². The lowest BCUT2D eigenvalue weighted by Crippen LogP contribution is -2.56. The molecule has 0 spiro atoms. The van der Waals surface area contributed by atoms with E-state index < -0.39 is 0 Å². The summed E-state index contributed by atoms with van der Waals surface area (Å²) in [6.45, 7) is 1.49. The number of hydrogen-bond donors (Lipinski definition) is 1. The predicted octanol–water partition coefficient (Wildman–Crippen LogP) is 0.309. The standard InChI is InChI=1S/C15H22N6OS/c1-19-10-4-9(5-11(19)8-22-7-10)18-14-12(6-16)13(17)20(2)15(23)21(14)3/h9-11H,4-5,7-8,17H2,1-3H3. The van der Waals surface area contributed by atoms with E-state index in [1.54, 1.807) is 16.2 Å². The summed E-state index contributed by atoms with van der Waals surface area (Å²) >= 11 is 5.39. The number of nitrogen functional groups attached to an aromatic ring is 1. The van der Waals surface area contributed by atoms with Gasteiger partial charge in [-0.2, -0.15) is 5.26 Å². The highest BCUT2D eigenvalue weighted by molar-refractivity contribution is 7.71. The molecule has 2 atom stereocenters. The minimum atomic E-state index is 0.157. The van der Waals surface area contributed by atoms with Crippen LogP contribution in [0, 0.1) is 16.1 Å². The topological polar surface area (TPSA) is 84.5 Å². The number of nitrogens with two attached hydrogens (primary N) is 1. The van der Waals surface area contributed by atoms with Crippen LogP contribution < -0.4 is 11.2 Å². The van der Waals surface area contributed by atoms with Crippen LogP contribution in [0.2, 0.25) is 0 Å². The number of anilines is 1. The number of piperidine rings is 1. The predicted molar refractivity (Wildman–Crippen MR) is 89.1 cm³/mol. The Morgan fingerprint density at radius 2 is 1.83 bits per heavy atom. The lowest BCUT2D eigenvalue weighted by Gasteiger charge is -2.45. The molecule has 3 rings (SSSR count). The molecule has 2 N–H and O–H groups in total. The van der Waals surface area contributed by atoms with E-state index in [0.29, 0.717) is 33.7 Å². The van der Waals surface area contributed by atoms with Crippen molar-refractivity contribution >= 4 is 18.0 Å². The van der Waals surface area contributed by atoms with Crippen LogP contribution in [0.25, 0.3) is 0 Å². The third kappa shape index (κ3) is 2.69. The van der Waals surface area contributed by atoms with Crippen molar-refractivity contribution in [3.63, 3.8) is 0 Å². The van der Waals surface area contributed by atoms with Gasteiger partial charge in [0.1, 0.15) is 17.5 Å². The second-order valence-electron chi connectivity index (χ2n) is 6.36. The average Bonchev–Trinajstić information content (AvgIpc) is 2.52. The third-order valence-corrected chi connectivity index (χ3v) is 5.56. The summed E-state index contributed by atoms with van der Waals surface area (Å²) in [7, 11) is 5.75. The summed E-state index contributed by atoms with van der Waals surface area (Å²) in [5, 5.41) is 9.49. The van der Waals surface area contributed by atoms with Crippen LogP contribution in [-0.2, 0) is 18.8 Å². The number of rotatable bonds is 1. The summed E-state index contributed by atoms with van der Waals surface area (Å²) in [5.74, 6) is 0.366. The van der Waals surface area contributed by atoms with E-state index in [1.807, 2.05) is 7.05 Å². The minimum Gasteiger partial charge on any atom is -0.384 e. The summed E-state index contributed by atoms with van der Waals surface area (Å²) in [5.41, 5.74) is 7.03. The molecular weight excluding hydrogens is 312 g/mol. The van der Waals surface area contributed by atoms with Crippen molar-refractivity contribution in [2.24, 2.45) is 19.1 Å². The minimum absolute atomic E-state index is 0.157. The Morgan fingerprint density at radius 1 is 1.22 bits per heavy atom. The largest absolute Gasteiger partial charge is 0.384 e. The van der Waals surface area contributed by atoms with Crippen LogP contribution in [0.4, 0.5) is 5.82 Å². The van der Waals surface area contributed by atoms with E-state index >= 15 is 0 Å². The summed E-state index contributed by atoms with van der Waals surface area (Å²) in [6.07, 6.45) is 1.84. The average molecular weight is 334 g/mol. The quantitative estimate of drug-likeness (QED) is 0.747. The Bertz CT molecular complexity index is 775. The first-order valence-corrected chi connectivity index (χ1v) is 8.14. The van der Waals surface area contributed by atoms with Crippen LogP contribution in [0.5, 0.6) is 0 Å². The molecule has 2 bridgehead atoms. The Labute approximate surface area is 140 Å². The normalized spacial score (nSPS) is 28.6. The van der Waals surface area contributed by atoms with E-state index in [-0.39, 0.29) is 6.04 Å². The highest BCUT2D eigenvalue weighted by Gasteiger charge is 2.36. The fourth-order valence-corrected chi connectivity index (χ4v) is 3.66. The van der Waals surface area contributed by atoms with Crippen molar-refractivity contribution < 1.29 is 4.74 Å². The van der Waals surface area contributed by atoms with Gasteiger partial charge in [0.25, 0.3) is 0 Å². The van der Waals surface area contributed by atoms with Gasteiger partial charge >= 0.3 is 0 Å². The summed E-state index contributed by atoms with van der Waals surface area (Å²) in [6, 6.07) is 3.10. The Hall–Kier alpha value is -1.69. The molecule has 0 saturated carbocycles. The number of aromatic nitrogens is 2. The van der Waals surface area contributed by atoms with Gasteiger partial charge in [-0.1, -0.05) is 0 Å². The van der Waals surface area contributed by atoms with Gasteiger partial charge < -0.3 is 19.6 Å². The molecule has 2 unspecified atom stereocenters. The van der Waals surface area contributed by atoms with Gasteiger partial charge in [-0.05, 0) is 32.1 Å². The fraction of sp³-hybridized carbons (Fsp3) is 0.667. The number of ether oxygens (including phenoxy) is 1. The lowest BCUT2D eigenvalue weighted by atomic mass is 9.91. The molecule has 1 aromatic rings. The van der Waals surface area contributed by atoms with Gasteiger partial charge in [0.05, 0.1) is 19.3 Å². The van der Waals surface area contributed by atoms with Crippen molar-refractivity contribution in [2.75, 3.05) is 26.0 Å². The third-order valence-electron chi connectivity index (χ3n) is 5.01. The maximum absolute atomic E-state index is 9.49. The molecule has 0 radical (unpaired) electrons. The SMILES string of the molecule is CN1C2COCC1CC(N=c1c(C#N)c(N)n(C)c(=S)n1C)C2. The van der Waals surface area contributed by atoms with Gasteiger partial charge in [-0.25, -0.2) is 0 Å². The molecule has 2 aliphatic rings. The zero-order valence-electron chi connectivity index (χ0n) is 13.7. The van der Waals surface area contributed by atoms with Crippen LogP contribution in [0.3, 0.4) is 0 Å². The molecular formula is C15H22N6OS. The van der Waals surface area contributed by atoms with Crippen LogP contribution >= 0.6 is 12.2 Å². The zero-order chi connectivity index (χ0) is 16.7. The molecule has 2 aliphatic heterocycles. The molecule has 2 fully saturated rings. The molecule has 1 aromatic heterocycles. The highest BCUT2D eigenvalue weighted by atomic mass is 32.1. The van der Waals surface area contributed by atoms with Crippen molar-refractivity contribution in [1.29, 1.82) is 5.26 Å². The summed E-state index contributed by atoms with van der Waals surface area (Å²) < 4.78 is 9.62. The van der Waals surface area contributed by atoms with Gasteiger partial charge in [0.2, 0.25) is 0 Å². The van der Waals surface area contributed by atoms with Crippen LogP contribution in [-0.4, -0.2) is 52.4 Å². The van der Waals surface area contributed by atoms with Gasteiger partial charge in [-0.3, -0.25) is 9.89 Å². The number of hydrogen-bond acceptors (Lipinski definition) is 6. The first-order chi connectivity index (χ1) is 10.9. The van der Waals surface area contributed by atoms with Crippen molar-refractivity contribution in [3.05, 3.63) is 15.8 Å². The molecule has 23 heavy (non-hydrogen) atoms. The molecule has 124 valence electrons. The van der Waals surface area contributed by atoms with E-state index in [4.69, 9.17) is 27.7 Å². The molecule has 3 heterocycles. The van der Waals surface area contributed by atoms with Gasteiger partial charge in [-0.15, -0.1) is 0 Å². The maximum Gasteiger partial charge on any atom is 0.182 e. The number of likely N-dealkylation sites (N-methyl/N-ethyl adjacent to an activating group) is 1. The van der Waals surface area contributed by atoms with E-state index in [0.717, 1.165) is 26.1 Å². The van der Waals surface area contributed by atoms with Crippen LogP contribution in [0.15, 0.2) is 4.99 Å². The number of fused-ring (bicyclic) bond motifs is 2. The van der Waals surface area contributed by atoms with Crippen molar-refractivity contribution in [2.45, 2.75) is 31.0 Å².